The highest BCUT2D eigenvalue weighted by atomic mass is 16.5. The van der Waals surface area contributed by atoms with Gasteiger partial charge in [-0.05, 0) is 30.5 Å². The molecule has 1 N–H and O–H groups in total. The topological polar surface area (TPSA) is 58.6 Å². The molecule has 0 radical (unpaired) electrons. The Morgan fingerprint density at radius 1 is 1.17 bits per heavy atom. The summed E-state index contributed by atoms with van der Waals surface area (Å²) in [5, 5.41) is 2.89. The van der Waals surface area contributed by atoms with Crippen LogP contribution in [0.2, 0.25) is 0 Å². The van der Waals surface area contributed by atoms with Crippen molar-refractivity contribution in [1.29, 1.82) is 0 Å². The molecule has 5 nitrogen and oxygen atoms in total. The zero-order chi connectivity index (χ0) is 17.2. The molecule has 0 saturated heterocycles. The molecule has 23 heavy (non-hydrogen) atoms. The van der Waals surface area contributed by atoms with Gasteiger partial charge in [-0.25, -0.2) is 0 Å². The highest BCUT2D eigenvalue weighted by Crippen LogP contribution is 2.16. The van der Waals surface area contributed by atoms with E-state index in [1.54, 1.807) is 12.0 Å². The molecule has 0 spiro atoms. The van der Waals surface area contributed by atoms with Gasteiger partial charge in [0.05, 0.1) is 7.11 Å². The van der Waals surface area contributed by atoms with Crippen LogP contribution < -0.4 is 10.1 Å². The third-order valence-corrected chi connectivity index (χ3v) is 3.75. The van der Waals surface area contributed by atoms with E-state index >= 15 is 0 Å². The zero-order valence-electron chi connectivity index (χ0n) is 14.6. The van der Waals surface area contributed by atoms with Crippen molar-refractivity contribution in [2.45, 2.75) is 52.6 Å². The largest absolute Gasteiger partial charge is 0.497 e. The van der Waals surface area contributed by atoms with Crippen molar-refractivity contribution >= 4 is 11.8 Å². The molecule has 0 aliphatic heterocycles. The number of methoxy groups -OCH3 is 1. The third-order valence-electron chi connectivity index (χ3n) is 3.75. The molecule has 0 fully saturated rings. The fourth-order valence-electron chi connectivity index (χ4n) is 2.42. The Hall–Kier alpha value is -2.04. The predicted octanol–water partition coefficient (Wildman–Crippen LogP) is 2.74. The molecule has 0 aromatic heterocycles. The van der Waals surface area contributed by atoms with Gasteiger partial charge in [-0.2, -0.15) is 0 Å². The maximum Gasteiger partial charge on any atom is 0.242 e. The van der Waals surface area contributed by atoms with Gasteiger partial charge in [-0.1, -0.05) is 32.9 Å². The second-order valence-corrected chi connectivity index (χ2v) is 5.44. The molecule has 0 aliphatic rings. The number of nitrogens with zero attached hydrogens (tertiary/aromatic N) is 1. The molecule has 1 atom stereocenters. The second kappa shape index (κ2) is 9.87. The lowest BCUT2D eigenvalue weighted by molar-refractivity contribution is -0.141. The predicted molar refractivity (Wildman–Crippen MR) is 91.2 cm³/mol. The van der Waals surface area contributed by atoms with E-state index in [-0.39, 0.29) is 11.8 Å². The number of benzene rings is 1. The minimum absolute atomic E-state index is 0.0145. The first kappa shape index (κ1) is 19.0. The van der Waals surface area contributed by atoms with E-state index in [2.05, 4.69) is 5.32 Å². The minimum atomic E-state index is -0.434. The van der Waals surface area contributed by atoms with Crippen LogP contribution in [-0.2, 0) is 16.1 Å². The third kappa shape index (κ3) is 5.58. The van der Waals surface area contributed by atoms with Crippen molar-refractivity contribution in [3.63, 3.8) is 0 Å². The van der Waals surface area contributed by atoms with Gasteiger partial charge in [0.2, 0.25) is 11.8 Å². The molecule has 5 heteroatoms. The standard InChI is InChI=1S/C18H28N2O3/c1-5-12-19-18(22)16(6-2)20(17(21)7-3)13-14-8-10-15(23-4)11-9-14/h8-11,16H,5-7,12-13H2,1-4H3,(H,19,22)/t16-/m0/s1. The lowest BCUT2D eigenvalue weighted by Crippen LogP contribution is -2.49. The first-order valence-corrected chi connectivity index (χ1v) is 8.27. The van der Waals surface area contributed by atoms with Gasteiger partial charge < -0.3 is 15.0 Å². The summed E-state index contributed by atoms with van der Waals surface area (Å²) < 4.78 is 5.15. The summed E-state index contributed by atoms with van der Waals surface area (Å²) in [4.78, 5) is 26.4. The Balaban J connectivity index is 2.92. The number of nitrogens with one attached hydrogen (secondary N) is 1. The highest BCUT2D eigenvalue weighted by Gasteiger charge is 2.27. The lowest BCUT2D eigenvalue weighted by atomic mass is 10.1. The van der Waals surface area contributed by atoms with E-state index in [4.69, 9.17) is 4.74 Å². The van der Waals surface area contributed by atoms with Crippen molar-refractivity contribution < 1.29 is 14.3 Å². The summed E-state index contributed by atoms with van der Waals surface area (Å²) in [7, 11) is 1.62. The zero-order valence-corrected chi connectivity index (χ0v) is 14.6. The fourth-order valence-corrected chi connectivity index (χ4v) is 2.42. The summed E-state index contributed by atoms with van der Waals surface area (Å²) >= 11 is 0. The van der Waals surface area contributed by atoms with Crippen LogP contribution in [-0.4, -0.2) is 36.4 Å². The van der Waals surface area contributed by atoms with Crippen LogP contribution in [0.25, 0.3) is 0 Å². The van der Waals surface area contributed by atoms with Gasteiger partial charge in [-0.15, -0.1) is 0 Å². The van der Waals surface area contributed by atoms with Crippen molar-refractivity contribution in [3.05, 3.63) is 29.8 Å². The van der Waals surface area contributed by atoms with Gasteiger partial charge >= 0.3 is 0 Å². The van der Waals surface area contributed by atoms with E-state index in [9.17, 15) is 9.59 Å². The summed E-state index contributed by atoms with van der Waals surface area (Å²) in [5.74, 6) is 0.679. The van der Waals surface area contributed by atoms with Crippen LogP contribution in [0, 0.1) is 0 Å². The quantitative estimate of drug-likeness (QED) is 0.761. The van der Waals surface area contributed by atoms with Crippen molar-refractivity contribution in [2.75, 3.05) is 13.7 Å². The Kier molecular flexibility index (Phi) is 8.16. The Labute approximate surface area is 139 Å². The van der Waals surface area contributed by atoms with E-state index < -0.39 is 6.04 Å². The van der Waals surface area contributed by atoms with Crippen LogP contribution in [0.1, 0.15) is 45.6 Å². The van der Waals surface area contributed by atoms with Crippen LogP contribution in [0.3, 0.4) is 0 Å². The van der Waals surface area contributed by atoms with E-state index in [0.717, 1.165) is 17.7 Å². The highest BCUT2D eigenvalue weighted by molar-refractivity contribution is 5.87. The Bertz CT molecular complexity index is 499. The lowest BCUT2D eigenvalue weighted by Gasteiger charge is -2.30. The van der Waals surface area contributed by atoms with E-state index in [1.165, 1.54) is 0 Å². The summed E-state index contributed by atoms with van der Waals surface area (Å²) in [6, 6.07) is 7.14. The molecule has 1 aromatic rings. The first-order chi connectivity index (χ1) is 11.1. The summed E-state index contributed by atoms with van der Waals surface area (Å²) in [6.45, 7) is 6.81. The number of hydrogen-bond donors (Lipinski definition) is 1. The van der Waals surface area contributed by atoms with Crippen LogP contribution >= 0.6 is 0 Å². The number of carbonyl (C=O) groups excluding carboxylic acids is 2. The molecule has 128 valence electrons. The normalized spacial score (nSPS) is 11.7. The van der Waals surface area contributed by atoms with Gasteiger partial charge in [0, 0.05) is 19.5 Å². The number of carbonyl (C=O) groups is 2. The molecule has 2 amide bonds. The molecule has 0 heterocycles. The molecular formula is C18H28N2O3. The van der Waals surface area contributed by atoms with Crippen molar-refractivity contribution in [1.82, 2.24) is 10.2 Å². The maximum absolute atomic E-state index is 12.4. The van der Waals surface area contributed by atoms with Gasteiger partial charge in [0.1, 0.15) is 11.8 Å². The van der Waals surface area contributed by atoms with Gasteiger partial charge in [0.15, 0.2) is 0 Å². The van der Waals surface area contributed by atoms with E-state index in [1.807, 2.05) is 45.0 Å². The number of amides is 2. The van der Waals surface area contributed by atoms with Crippen molar-refractivity contribution in [3.8, 4) is 5.75 Å². The number of rotatable bonds is 9. The Morgan fingerprint density at radius 3 is 2.30 bits per heavy atom. The maximum atomic E-state index is 12.4. The average Bonchev–Trinajstić information content (AvgIpc) is 2.59. The first-order valence-electron chi connectivity index (χ1n) is 8.27. The number of ether oxygens (including phenoxy) is 1. The smallest absolute Gasteiger partial charge is 0.242 e. The average molecular weight is 320 g/mol. The van der Waals surface area contributed by atoms with Crippen molar-refractivity contribution in [2.24, 2.45) is 0 Å². The van der Waals surface area contributed by atoms with E-state index in [0.29, 0.717) is 25.9 Å². The summed E-state index contributed by atoms with van der Waals surface area (Å²) in [6.07, 6.45) is 1.85. The SMILES string of the molecule is CCCNC(=O)[C@H](CC)N(Cc1ccc(OC)cc1)C(=O)CC. The Morgan fingerprint density at radius 2 is 1.83 bits per heavy atom. The fraction of sp³-hybridized carbons (Fsp3) is 0.556. The van der Waals surface area contributed by atoms with Gasteiger partial charge in [0.25, 0.3) is 0 Å². The molecule has 0 aliphatic carbocycles. The molecule has 0 saturated carbocycles. The second-order valence-electron chi connectivity index (χ2n) is 5.44. The molecule has 0 unspecified atom stereocenters. The molecule has 0 bridgehead atoms. The molecular weight excluding hydrogens is 292 g/mol. The van der Waals surface area contributed by atoms with Gasteiger partial charge in [-0.3, -0.25) is 9.59 Å². The molecule has 1 aromatic carbocycles. The molecule has 1 rings (SSSR count). The monoisotopic (exact) mass is 320 g/mol. The van der Waals surface area contributed by atoms with Crippen LogP contribution in [0.5, 0.6) is 5.75 Å². The van der Waals surface area contributed by atoms with Crippen LogP contribution in [0.15, 0.2) is 24.3 Å². The summed E-state index contributed by atoms with van der Waals surface area (Å²) in [5.41, 5.74) is 0.981. The van der Waals surface area contributed by atoms with Crippen LogP contribution in [0.4, 0.5) is 0 Å². The minimum Gasteiger partial charge on any atom is -0.497 e. The number of hydrogen-bond acceptors (Lipinski definition) is 3.